The van der Waals surface area contributed by atoms with E-state index in [2.05, 4.69) is 20.7 Å². The molecule has 2 rings (SSSR count). The van der Waals surface area contributed by atoms with Crippen LogP contribution in [0.2, 0.25) is 0 Å². The minimum Gasteiger partial charge on any atom is -0.454 e. The second kappa shape index (κ2) is 7.69. The smallest absolute Gasteiger partial charge is 0.338 e. The molecule has 0 atom stereocenters. The van der Waals surface area contributed by atoms with E-state index in [4.69, 9.17) is 4.74 Å². The molecule has 0 amide bonds. The van der Waals surface area contributed by atoms with Crippen LogP contribution in [-0.2, 0) is 14.8 Å². The molecular weight excluding hydrogens is 398 g/mol. The van der Waals surface area contributed by atoms with E-state index < -0.39 is 22.6 Å². The minimum absolute atomic E-state index is 0.0509. The molecule has 2 aromatic carbocycles. The van der Waals surface area contributed by atoms with Crippen molar-refractivity contribution < 1.29 is 22.7 Å². The van der Waals surface area contributed by atoms with Gasteiger partial charge in [-0.25, -0.2) is 17.9 Å². The van der Waals surface area contributed by atoms with Gasteiger partial charge in [-0.2, -0.15) is 0 Å². The molecule has 0 heterocycles. The molecule has 0 fully saturated rings. The van der Waals surface area contributed by atoms with Gasteiger partial charge >= 0.3 is 5.97 Å². The molecule has 24 heavy (non-hydrogen) atoms. The molecule has 1 N–H and O–H groups in total. The third-order valence-corrected chi connectivity index (χ3v) is 5.09. The number of hydrogen-bond donors (Lipinski definition) is 1. The van der Waals surface area contributed by atoms with Gasteiger partial charge in [0.1, 0.15) is 0 Å². The Bertz CT molecular complexity index is 862. The van der Waals surface area contributed by atoms with Gasteiger partial charge in [0.25, 0.3) is 0 Å². The molecule has 6 nitrogen and oxygen atoms in total. The first-order chi connectivity index (χ1) is 11.3. The van der Waals surface area contributed by atoms with Crippen LogP contribution < -0.4 is 4.72 Å². The molecule has 8 heteroatoms. The molecule has 0 radical (unpaired) electrons. The van der Waals surface area contributed by atoms with E-state index >= 15 is 0 Å². The second-order valence-corrected chi connectivity index (χ2v) is 7.54. The molecule has 0 saturated carbocycles. The van der Waals surface area contributed by atoms with Gasteiger partial charge in [-0.3, -0.25) is 4.79 Å². The lowest BCUT2D eigenvalue weighted by Crippen LogP contribution is -2.19. The zero-order valence-corrected chi connectivity index (χ0v) is 15.1. The Hall–Kier alpha value is -2.03. The van der Waals surface area contributed by atoms with Crippen molar-refractivity contribution in [3.8, 4) is 0 Å². The van der Waals surface area contributed by atoms with Crippen molar-refractivity contribution in [2.75, 3.05) is 13.7 Å². The summed E-state index contributed by atoms with van der Waals surface area (Å²) in [6.07, 6.45) is 0. The third-order valence-electron chi connectivity index (χ3n) is 3.15. The van der Waals surface area contributed by atoms with Crippen LogP contribution in [-0.4, -0.2) is 33.8 Å². The van der Waals surface area contributed by atoms with E-state index in [1.54, 1.807) is 24.3 Å². The monoisotopic (exact) mass is 411 g/mol. The number of sulfonamides is 1. The van der Waals surface area contributed by atoms with E-state index in [9.17, 15) is 18.0 Å². The number of halogens is 1. The van der Waals surface area contributed by atoms with Gasteiger partial charge in [0, 0.05) is 10.0 Å². The average molecular weight is 412 g/mol. The van der Waals surface area contributed by atoms with Crippen LogP contribution in [0.15, 0.2) is 57.9 Å². The summed E-state index contributed by atoms with van der Waals surface area (Å²) < 4.78 is 31.4. The number of rotatable bonds is 6. The van der Waals surface area contributed by atoms with Gasteiger partial charge in [0.05, 0.1) is 10.5 Å². The Morgan fingerprint density at radius 1 is 1.08 bits per heavy atom. The van der Waals surface area contributed by atoms with Crippen molar-refractivity contribution in [3.63, 3.8) is 0 Å². The molecule has 0 aliphatic heterocycles. The first kappa shape index (κ1) is 18.3. The van der Waals surface area contributed by atoms with E-state index in [0.29, 0.717) is 5.56 Å². The highest BCUT2D eigenvalue weighted by Crippen LogP contribution is 2.13. The lowest BCUT2D eigenvalue weighted by molar-refractivity contribution is 0.0474. The zero-order valence-electron chi connectivity index (χ0n) is 12.7. The number of hydrogen-bond acceptors (Lipinski definition) is 5. The molecule has 0 aliphatic carbocycles. The molecule has 0 aromatic heterocycles. The first-order valence-electron chi connectivity index (χ1n) is 6.83. The summed E-state index contributed by atoms with van der Waals surface area (Å²) in [4.78, 5) is 23.9. The van der Waals surface area contributed by atoms with Gasteiger partial charge in [-0.15, -0.1) is 0 Å². The van der Waals surface area contributed by atoms with Crippen LogP contribution in [0.5, 0.6) is 0 Å². The van der Waals surface area contributed by atoms with E-state index in [-0.39, 0.29) is 16.2 Å². The van der Waals surface area contributed by atoms with Crippen molar-refractivity contribution in [1.29, 1.82) is 0 Å². The fourth-order valence-corrected chi connectivity index (χ4v) is 2.88. The maximum absolute atomic E-state index is 12.0. The summed E-state index contributed by atoms with van der Waals surface area (Å²) in [5.41, 5.74) is 0.465. The Kier molecular flexibility index (Phi) is 5.87. The quantitative estimate of drug-likeness (QED) is 0.582. The number of ether oxygens (including phenoxy) is 1. The standard InChI is InChI=1S/C16H14BrNO5S/c1-18-24(21,22)14-4-2-3-12(9-14)16(20)23-10-15(19)11-5-7-13(17)8-6-11/h2-9,18H,10H2,1H3. The summed E-state index contributed by atoms with van der Waals surface area (Å²) >= 11 is 3.27. The molecular formula is C16H14BrNO5S. The van der Waals surface area contributed by atoms with Gasteiger partial charge in [-0.1, -0.05) is 34.1 Å². The summed E-state index contributed by atoms with van der Waals surface area (Å²) in [5.74, 6) is -1.12. The lowest BCUT2D eigenvalue weighted by Gasteiger charge is -2.07. The highest BCUT2D eigenvalue weighted by Gasteiger charge is 2.16. The first-order valence-corrected chi connectivity index (χ1v) is 9.10. The number of Topliss-reactive ketones (excluding diaryl/α,β-unsaturated/α-hetero) is 1. The number of nitrogens with one attached hydrogen (secondary N) is 1. The summed E-state index contributed by atoms with van der Waals surface area (Å²) in [6.45, 7) is -0.427. The Balaban J connectivity index is 2.06. The van der Waals surface area contributed by atoms with Crippen molar-refractivity contribution in [3.05, 3.63) is 64.1 Å². The highest BCUT2D eigenvalue weighted by atomic mass is 79.9. The van der Waals surface area contributed by atoms with Gasteiger partial charge in [0.2, 0.25) is 10.0 Å². The van der Waals surface area contributed by atoms with Gasteiger partial charge in [0.15, 0.2) is 12.4 Å². The van der Waals surface area contributed by atoms with Gasteiger partial charge < -0.3 is 4.74 Å². The summed E-state index contributed by atoms with van der Waals surface area (Å²) in [6, 6.07) is 12.0. The molecule has 0 saturated heterocycles. The lowest BCUT2D eigenvalue weighted by atomic mass is 10.1. The molecule has 2 aromatic rings. The number of benzene rings is 2. The number of carbonyl (C=O) groups is 2. The Morgan fingerprint density at radius 2 is 1.75 bits per heavy atom. The summed E-state index contributed by atoms with van der Waals surface area (Å²) in [7, 11) is -2.39. The molecule has 126 valence electrons. The van der Waals surface area contributed by atoms with Crippen LogP contribution in [0.4, 0.5) is 0 Å². The third kappa shape index (κ3) is 4.50. The van der Waals surface area contributed by atoms with Crippen LogP contribution >= 0.6 is 15.9 Å². The maximum Gasteiger partial charge on any atom is 0.338 e. The molecule has 0 bridgehead atoms. The molecule has 0 spiro atoms. The fraction of sp³-hybridized carbons (Fsp3) is 0.125. The van der Waals surface area contributed by atoms with Crippen molar-refractivity contribution in [2.24, 2.45) is 0 Å². The van der Waals surface area contributed by atoms with Crippen molar-refractivity contribution >= 4 is 37.7 Å². The van der Waals surface area contributed by atoms with E-state index in [0.717, 1.165) is 4.47 Å². The van der Waals surface area contributed by atoms with E-state index in [1.807, 2.05) is 0 Å². The van der Waals surface area contributed by atoms with Crippen LogP contribution in [0, 0.1) is 0 Å². The molecule has 0 aliphatic rings. The van der Waals surface area contributed by atoms with Gasteiger partial charge in [-0.05, 0) is 37.4 Å². The number of carbonyl (C=O) groups excluding carboxylic acids is 2. The average Bonchev–Trinajstić information content (AvgIpc) is 2.60. The number of ketones is 1. The predicted octanol–water partition coefficient (Wildman–Crippen LogP) is 2.40. The van der Waals surface area contributed by atoms with Crippen molar-refractivity contribution in [2.45, 2.75) is 4.90 Å². The van der Waals surface area contributed by atoms with Crippen LogP contribution in [0.1, 0.15) is 20.7 Å². The number of esters is 1. The summed E-state index contributed by atoms with van der Waals surface area (Å²) in [5, 5.41) is 0. The SMILES string of the molecule is CNS(=O)(=O)c1cccc(C(=O)OCC(=O)c2ccc(Br)cc2)c1. The topological polar surface area (TPSA) is 89.5 Å². The van der Waals surface area contributed by atoms with Crippen molar-refractivity contribution in [1.82, 2.24) is 4.72 Å². The van der Waals surface area contributed by atoms with E-state index in [1.165, 1.54) is 31.3 Å². The minimum atomic E-state index is -3.66. The largest absolute Gasteiger partial charge is 0.454 e. The normalized spacial score (nSPS) is 11.1. The Labute approximate surface area is 148 Å². The molecule has 0 unspecified atom stereocenters. The van der Waals surface area contributed by atoms with Crippen LogP contribution in [0.25, 0.3) is 0 Å². The second-order valence-electron chi connectivity index (χ2n) is 4.74. The van der Waals surface area contributed by atoms with Crippen LogP contribution in [0.3, 0.4) is 0 Å². The Morgan fingerprint density at radius 3 is 2.38 bits per heavy atom. The zero-order chi connectivity index (χ0) is 17.7. The predicted molar refractivity (Wildman–Crippen MR) is 91.4 cm³/mol. The maximum atomic E-state index is 12.0. The highest BCUT2D eigenvalue weighted by molar-refractivity contribution is 9.10. The fourth-order valence-electron chi connectivity index (χ4n) is 1.84.